The quantitative estimate of drug-likeness (QED) is 0.755. The summed E-state index contributed by atoms with van der Waals surface area (Å²) in [5.74, 6) is 0.371. The number of carbonyl (C=O) groups is 1. The van der Waals surface area contributed by atoms with Gasteiger partial charge in [-0.1, -0.05) is 0 Å². The second kappa shape index (κ2) is 4.89. The zero-order valence-electron chi connectivity index (χ0n) is 9.06. The summed E-state index contributed by atoms with van der Waals surface area (Å²) in [5, 5.41) is 5.69. The second-order valence-corrected chi connectivity index (χ2v) is 3.57. The third-order valence-electron chi connectivity index (χ3n) is 2.39. The number of amides is 1. The smallest absolute Gasteiger partial charge is 0.271 e. The van der Waals surface area contributed by atoms with Crippen molar-refractivity contribution in [2.75, 3.05) is 25.6 Å². The van der Waals surface area contributed by atoms with Crippen molar-refractivity contribution in [1.82, 2.24) is 15.3 Å². The monoisotopic (exact) mass is 222 g/mol. The first-order valence-corrected chi connectivity index (χ1v) is 5.18. The minimum Gasteiger partial charge on any atom is -0.379 e. The van der Waals surface area contributed by atoms with E-state index < -0.39 is 0 Å². The van der Waals surface area contributed by atoms with Crippen LogP contribution in [0.3, 0.4) is 0 Å². The number of hydrogen-bond acceptors (Lipinski definition) is 5. The third kappa shape index (κ3) is 2.46. The SMILES string of the molecule is CNc1cncc(C(=O)NC2CCOC2)n1. The molecule has 1 unspecified atom stereocenters. The average Bonchev–Trinajstić information content (AvgIpc) is 2.82. The fraction of sp³-hybridized carbons (Fsp3) is 0.500. The molecule has 0 radical (unpaired) electrons. The lowest BCUT2D eigenvalue weighted by molar-refractivity contribution is 0.0924. The number of carbonyl (C=O) groups excluding carboxylic acids is 1. The highest BCUT2D eigenvalue weighted by atomic mass is 16.5. The molecule has 1 amide bonds. The maximum Gasteiger partial charge on any atom is 0.271 e. The van der Waals surface area contributed by atoms with Gasteiger partial charge in [0.15, 0.2) is 0 Å². The van der Waals surface area contributed by atoms with Gasteiger partial charge in [-0.3, -0.25) is 9.78 Å². The van der Waals surface area contributed by atoms with Gasteiger partial charge in [0.05, 0.1) is 25.0 Å². The molecule has 1 saturated heterocycles. The summed E-state index contributed by atoms with van der Waals surface area (Å²) in [6, 6.07) is 0.0903. The zero-order chi connectivity index (χ0) is 11.4. The van der Waals surface area contributed by atoms with E-state index in [1.807, 2.05) is 0 Å². The van der Waals surface area contributed by atoms with Crippen LogP contribution in [0, 0.1) is 0 Å². The van der Waals surface area contributed by atoms with Gasteiger partial charge in [-0.25, -0.2) is 4.98 Å². The molecule has 1 aliphatic heterocycles. The van der Waals surface area contributed by atoms with Gasteiger partial charge in [-0.2, -0.15) is 0 Å². The summed E-state index contributed by atoms with van der Waals surface area (Å²) in [6.07, 6.45) is 3.87. The summed E-state index contributed by atoms with van der Waals surface area (Å²) >= 11 is 0. The first-order valence-electron chi connectivity index (χ1n) is 5.18. The van der Waals surface area contributed by atoms with Crippen LogP contribution in [0.25, 0.3) is 0 Å². The number of aromatic nitrogens is 2. The highest BCUT2D eigenvalue weighted by Crippen LogP contribution is 2.05. The van der Waals surface area contributed by atoms with Crippen molar-refractivity contribution in [2.45, 2.75) is 12.5 Å². The Bertz CT molecular complexity index is 377. The van der Waals surface area contributed by atoms with Crippen LogP contribution in [0.1, 0.15) is 16.9 Å². The van der Waals surface area contributed by atoms with Gasteiger partial charge in [0.25, 0.3) is 5.91 Å². The van der Waals surface area contributed by atoms with Gasteiger partial charge < -0.3 is 15.4 Å². The fourth-order valence-electron chi connectivity index (χ4n) is 1.50. The van der Waals surface area contributed by atoms with E-state index in [0.29, 0.717) is 24.7 Å². The van der Waals surface area contributed by atoms with E-state index >= 15 is 0 Å². The minimum atomic E-state index is -0.208. The Kier molecular flexibility index (Phi) is 3.31. The number of rotatable bonds is 3. The van der Waals surface area contributed by atoms with Crippen molar-refractivity contribution in [1.29, 1.82) is 0 Å². The van der Waals surface area contributed by atoms with Crippen LogP contribution in [0.15, 0.2) is 12.4 Å². The van der Waals surface area contributed by atoms with E-state index in [-0.39, 0.29) is 11.9 Å². The molecule has 1 aromatic rings. The fourth-order valence-corrected chi connectivity index (χ4v) is 1.50. The second-order valence-electron chi connectivity index (χ2n) is 3.57. The first kappa shape index (κ1) is 10.8. The molecule has 0 saturated carbocycles. The predicted octanol–water partition coefficient (Wildman–Crippen LogP) is 0.0370. The summed E-state index contributed by atoms with van der Waals surface area (Å²) < 4.78 is 5.18. The Morgan fingerprint density at radius 2 is 2.44 bits per heavy atom. The maximum atomic E-state index is 11.8. The van der Waals surface area contributed by atoms with E-state index in [1.165, 1.54) is 6.20 Å². The maximum absolute atomic E-state index is 11.8. The van der Waals surface area contributed by atoms with Crippen LogP contribution >= 0.6 is 0 Å². The van der Waals surface area contributed by atoms with Crippen molar-refractivity contribution in [3.8, 4) is 0 Å². The average molecular weight is 222 g/mol. The largest absolute Gasteiger partial charge is 0.379 e. The zero-order valence-corrected chi connectivity index (χ0v) is 9.06. The molecule has 2 heterocycles. The van der Waals surface area contributed by atoms with Crippen molar-refractivity contribution >= 4 is 11.7 Å². The van der Waals surface area contributed by atoms with Gasteiger partial charge >= 0.3 is 0 Å². The van der Waals surface area contributed by atoms with E-state index in [4.69, 9.17) is 4.74 Å². The Morgan fingerprint density at radius 3 is 3.12 bits per heavy atom. The number of anilines is 1. The van der Waals surface area contributed by atoms with E-state index in [0.717, 1.165) is 6.42 Å². The summed E-state index contributed by atoms with van der Waals surface area (Å²) in [4.78, 5) is 19.8. The van der Waals surface area contributed by atoms with Crippen molar-refractivity contribution in [3.63, 3.8) is 0 Å². The van der Waals surface area contributed by atoms with Gasteiger partial charge in [-0.15, -0.1) is 0 Å². The summed E-state index contributed by atoms with van der Waals surface area (Å²) in [7, 11) is 1.73. The van der Waals surface area contributed by atoms with Crippen LogP contribution in [-0.4, -0.2) is 42.2 Å². The van der Waals surface area contributed by atoms with Crippen molar-refractivity contribution < 1.29 is 9.53 Å². The molecular formula is C10H14N4O2. The summed E-state index contributed by atoms with van der Waals surface area (Å²) in [5.41, 5.74) is 0.318. The lowest BCUT2D eigenvalue weighted by Gasteiger charge is -2.10. The van der Waals surface area contributed by atoms with E-state index in [1.54, 1.807) is 13.2 Å². The van der Waals surface area contributed by atoms with Crippen LogP contribution < -0.4 is 10.6 Å². The van der Waals surface area contributed by atoms with Gasteiger partial charge in [0.2, 0.25) is 0 Å². The number of nitrogens with one attached hydrogen (secondary N) is 2. The third-order valence-corrected chi connectivity index (χ3v) is 2.39. The molecule has 2 rings (SSSR count). The van der Waals surface area contributed by atoms with Crippen molar-refractivity contribution in [3.05, 3.63) is 18.1 Å². The Hall–Kier alpha value is -1.69. The Morgan fingerprint density at radius 1 is 1.56 bits per heavy atom. The standard InChI is InChI=1S/C10H14N4O2/c1-11-9-5-12-4-8(14-9)10(15)13-7-2-3-16-6-7/h4-5,7H,2-3,6H2,1H3,(H,11,14)(H,13,15). The van der Waals surface area contributed by atoms with Gasteiger partial charge in [0.1, 0.15) is 11.5 Å². The highest BCUT2D eigenvalue weighted by Gasteiger charge is 2.19. The topological polar surface area (TPSA) is 76.1 Å². The predicted molar refractivity (Wildman–Crippen MR) is 58.3 cm³/mol. The lowest BCUT2D eigenvalue weighted by Crippen LogP contribution is -2.35. The van der Waals surface area contributed by atoms with Crippen LogP contribution in [-0.2, 0) is 4.74 Å². The van der Waals surface area contributed by atoms with Crippen LogP contribution in [0.4, 0.5) is 5.82 Å². The molecule has 0 spiro atoms. The normalized spacial score (nSPS) is 19.4. The van der Waals surface area contributed by atoms with Crippen molar-refractivity contribution in [2.24, 2.45) is 0 Å². The Balaban J connectivity index is 2.01. The first-order chi connectivity index (χ1) is 7.79. The molecule has 0 aromatic carbocycles. The Labute approximate surface area is 93.4 Å². The highest BCUT2D eigenvalue weighted by molar-refractivity contribution is 5.92. The molecule has 86 valence electrons. The molecule has 2 N–H and O–H groups in total. The lowest BCUT2D eigenvalue weighted by atomic mass is 10.2. The number of nitrogens with zero attached hydrogens (tertiary/aromatic N) is 2. The van der Waals surface area contributed by atoms with Crippen LogP contribution in [0.2, 0.25) is 0 Å². The molecule has 6 heteroatoms. The molecule has 16 heavy (non-hydrogen) atoms. The molecule has 1 fully saturated rings. The van der Waals surface area contributed by atoms with Gasteiger partial charge in [-0.05, 0) is 6.42 Å². The molecule has 6 nitrogen and oxygen atoms in total. The summed E-state index contributed by atoms with van der Waals surface area (Å²) in [6.45, 7) is 1.28. The van der Waals surface area contributed by atoms with Gasteiger partial charge in [0, 0.05) is 13.7 Å². The molecule has 1 atom stereocenters. The molecular weight excluding hydrogens is 208 g/mol. The van der Waals surface area contributed by atoms with Crippen LogP contribution in [0.5, 0.6) is 0 Å². The molecule has 0 bridgehead atoms. The van der Waals surface area contributed by atoms with E-state index in [2.05, 4.69) is 20.6 Å². The number of ether oxygens (including phenoxy) is 1. The molecule has 1 aromatic heterocycles. The van der Waals surface area contributed by atoms with E-state index in [9.17, 15) is 4.79 Å². The number of hydrogen-bond donors (Lipinski definition) is 2. The minimum absolute atomic E-state index is 0.0903. The molecule has 0 aliphatic carbocycles. The molecule has 1 aliphatic rings.